The average molecular weight is 286 g/mol. The highest BCUT2D eigenvalue weighted by Crippen LogP contribution is 2.18. The minimum Gasteiger partial charge on any atom is -0.489 e. The summed E-state index contributed by atoms with van der Waals surface area (Å²) in [5.41, 5.74) is 2.18. The molecule has 0 aliphatic carbocycles. The molecule has 21 heavy (non-hydrogen) atoms. The van der Waals surface area contributed by atoms with Crippen molar-refractivity contribution in [3.63, 3.8) is 0 Å². The van der Waals surface area contributed by atoms with Gasteiger partial charge in [-0.25, -0.2) is 4.98 Å². The fourth-order valence-electron chi connectivity index (χ4n) is 1.90. The molecule has 0 aliphatic rings. The molecule has 1 heterocycles. The molecule has 4 heteroatoms. The SMILES string of the molecule is COc1ncccc1COc1ccc(CNC(C)C)cc1. The highest BCUT2D eigenvalue weighted by Gasteiger charge is 2.04. The van der Waals surface area contributed by atoms with E-state index in [1.54, 1.807) is 13.3 Å². The van der Waals surface area contributed by atoms with Crippen molar-refractivity contribution in [2.45, 2.75) is 33.0 Å². The molecule has 2 aromatic rings. The van der Waals surface area contributed by atoms with E-state index >= 15 is 0 Å². The molecule has 112 valence electrons. The summed E-state index contributed by atoms with van der Waals surface area (Å²) >= 11 is 0. The van der Waals surface area contributed by atoms with Crippen LogP contribution in [0, 0.1) is 0 Å². The Labute approximate surface area is 126 Å². The van der Waals surface area contributed by atoms with Gasteiger partial charge < -0.3 is 14.8 Å². The van der Waals surface area contributed by atoms with Gasteiger partial charge in [-0.15, -0.1) is 0 Å². The first-order valence-electron chi connectivity index (χ1n) is 7.12. The number of hydrogen-bond acceptors (Lipinski definition) is 4. The van der Waals surface area contributed by atoms with Gasteiger partial charge in [-0.3, -0.25) is 0 Å². The van der Waals surface area contributed by atoms with Gasteiger partial charge in [-0.2, -0.15) is 0 Å². The van der Waals surface area contributed by atoms with E-state index in [4.69, 9.17) is 9.47 Å². The van der Waals surface area contributed by atoms with Crippen LogP contribution in [0.3, 0.4) is 0 Å². The van der Waals surface area contributed by atoms with Crippen molar-refractivity contribution in [2.24, 2.45) is 0 Å². The van der Waals surface area contributed by atoms with Gasteiger partial charge in [0.15, 0.2) is 0 Å². The molecule has 0 saturated heterocycles. The van der Waals surface area contributed by atoms with Crippen LogP contribution in [0.25, 0.3) is 0 Å². The Morgan fingerprint density at radius 3 is 2.57 bits per heavy atom. The molecule has 0 atom stereocenters. The number of pyridine rings is 1. The molecule has 0 amide bonds. The first-order chi connectivity index (χ1) is 10.2. The summed E-state index contributed by atoms with van der Waals surface area (Å²) in [4.78, 5) is 4.15. The van der Waals surface area contributed by atoms with E-state index in [2.05, 4.69) is 36.3 Å². The third kappa shape index (κ3) is 4.76. The molecule has 0 unspecified atom stereocenters. The summed E-state index contributed by atoms with van der Waals surface area (Å²) in [5.74, 6) is 1.45. The predicted molar refractivity (Wildman–Crippen MR) is 83.5 cm³/mol. The Balaban J connectivity index is 1.91. The van der Waals surface area contributed by atoms with Crippen LogP contribution >= 0.6 is 0 Å². The van der Waals surface area contributed by atoms with Crippen LogP contribution < -0.4 is 14.8 Å². The van der Waals surface area contributed by atoms with Crippen molar-refractivity contribution in [2.75, 3.05) is 7.11 Å². The van der Waals surface area contributed by atoms with Crippen LogP contribution in [0.5, 0.6) is 11.6 Å². The van der Waals surface area contributed by atoms with Crippen LogP contribution in [-0.4, -0.2) is 18.1 Å². The van der Waals surface area contributed by atoms with Crippen LogP contribution in [0.15, 0.2) is 42.6 Å². The summed E-state index contributed by atoms with van der Waals surface area (Å²) in [5, 5.41) is 3.39. The van der Waals surface area contributed by atoms with Gasteiger partial charge in [0.1, 0.15) is 12.4 Å². The maximum absolute atomic E-state index is 5.77. The normalized spacial score (nSPS) is 10.7. The van der Waals surface area contributed by atoms with Gasteiger partial charge in [0.05, 0.1) is 12.7 Å². The zero-order valence-electron chi connectivity index (χ0n) is 12.8. The minimum absolute atomic E-state index is 0.445. The highest BCUT2D eigenvalue weighted by atomic mass is 16.5. The molecule has 1 aromatic carbocycles. The van der Waals surface area contributed by atoms with Crippen molar-refractivity contribution in [1.82, 2.24) is 10.3 Å². The number of nitrogens with zero attached hydrogens (tertiary/aromatic N) is 1. The van der Waals surface area contributed by atoms with Crippen molar-refractivity contribution in [3.05, 3.63) is 53.7 Å². The quantitative estimate of drug-likeness (QED) is 0.849. The van der Waals surface area contributed by atoms with Crippen molar-refractivity contribution in [1.29, 1.82) is 0 Å². The van der Waals surface area contributed by atoms with Crippen LogP contribution in [0.1, 0.15) is 25.0 Å². The standard InChI is InChI=1S/C17H22N2O2/c1-13(2)19-11-14-6-8-16(9-7-14)21-12-15-5-4-10-18-17(15)20-3/h4-10,13,19H,11-12H2,1-3H3. The lowest BCUT2D eigenvalue weighted by atomic mass is 10.2. The fraction of sp³-hybridized carbons (Fsp3) is 0.353. The number of ether oxygens (including phenoxy) is 2. The maximum Gasteiger partial charge on any atom is 0.219 e. The lowest BCUT2D eigenvalue weighted by Crippen LogP contribution is -2.21. The van der Waals surface area contributed by atoms with Gasteiger partial charge >= 0.3 is 0 Å². The Hall–Kier alpha value is -2.07. The zero-order valence-corrected chi connectivity index (χ0v) is 12.8. The Morgan fingerprint density at radius 2 is 1.90 bits per heavy atom. The molecule has 4 nitrogen and oxygen atoms in total. The third-order valence-electron chi connectivity index (χ3n) is 3.08. The summed E-state index contributed by atoms with van der Waals surface area (Å²) in [7, 11) is 1.61. The number of rotatable bonds is 7. The molecule has 0 spiro atoms. The molecule has 1 aromatic heterocycles. The van der Waals surface area contributed by atoms with Crippen molar-refractivity contribution < 1.29 is 9.47 Å². The van der Waals surface area contributed by atoms with E-state index in [0.29, 0.717) is 18.5 Å². The summed E-state index contributed by atoms with van der Waals surface area (Å²) < 4.78 is 11.0. The Kier molecular flexibility index (Phi) is 5.58. The molecular formula is C17H22N2O2. The monoisotopic (exact) mass is 286 g/mol. The Morgan fingerprint density at radius 1 is 1.14 bits per heavy atom. The molecular weight excluding hydrogens is 264 g/mol. The molecule has 2 rings (SSSR count). The van der Waals surface area contributed by atoms with E-state index in [1.807, 2.05) is 24.3 Å². The predicted octanol–water partition coefficient (Wildman–Crippen LogP) is 3.17. The van der Waals surface area contributed by atoms with E-state index in [-0.39, 0.29) is 0 Å². The number of hydrogen-bond donors (Lipinski definition) is 1. The van der Waals surface area contributed by atoms with Gasteiger partial charge in [0, 0.05) is 18.8 Å². The van der Waals surface area contributed by atoms with E-state index in [0.717, 1.165) is 17.9 Å². The highest BCUT2D eigenvalue weighted by molar-refractivity contribution is 5.29. The number of aromatic nitrogens is 1. The molecule has 0 fully saturated rings. The average Bonchev–Trinajstić information content (AvgIpc) is 2.52. The number of methoxy groups -OCH3 is 1. The van der Waals surface area contributed by atoms with Crippen LogP contribution in [0.4, 0.5) is 0 Å². The molecule has 0 aliphatic heterocycles. The zero-order chi connectivity index (χ0) is 15.1. The van der Waals surface area contributed by atoms with Gasteiger partial charge in [0.25, 0.3) is 0 Å². The van der Waals surface area contributed by atoms with Gasteiger partial charge in [-0.05, 0) is 29.8 Å². The van der Waals surface area contributed by atoms with Gasteiger partial charge in [-0.1, -0.05) is 26.0 Å². The summed E-state index contributed by atoms with van der Waals surface area (Å²) in [6.45, 7) is 5.59. The molecule has 1 N–H and O–H groups in total. The topological polar surface area (TPSA) is 43.4 Å². The maximum atomic E-state index is 5.77. The van der Waals surface area contributed by atoms with E-state index in [9.17, 15) is 0 Å². The number of nitrogens with one attached hydrogen (secondary N) is 1. The number of benzene rings is 1. The minimum atomic E-state index is 0.445. The second kappa shape index (κ2) is 7.64. The lowest BCUT2D eigenvalue weighted by molar-refractivity contribution is 0.294. The lowest BCUT2D eigenvalue weighted by Gasteiger charge is -2.11. The fourth-order valence-corrected chi connectivity index (χ4v) is 1.90. The summed E-state index contributed by atoms with van der Waals surface area (Å²) in [6, 6.07) is 12.4. The Bertz CT molecular complexity index is 553. The van der Waals surface area contributed by atoms with Crippen LogP contribution in [0.2, 0.25) is 0 Å². The van der Waals surface area contributed by atoms with Gasteiger partial charge in [0.2, 0.25) is 5.88 Å². The van der Waals surface area contributed by atoms with E-state index in [1.165, 1.54) is 5.56 Å². The van der Waals surface area contributed by atoms with Crippen LogP contribution in [-0.2, 0) is 13.2 Å². The second-order valence-electron chi connectivity index (χ2n) is 5.14. The third-order valence-corrected chi connectivity index (χ3v) is 3.08. The van der Waals surface area contributed by atoms with Crippen molar-refractivity contribution >= 4 is 0 Å². The second-order valence-corrected chi connectivity index (χ2v) is 5.14. The molecule has 0 saturated carbocycles. The summed E-state index contributed by atoms with van der Waals surface area (Å²) in [6.07, 6.45) is 1.71. The smallest absolute Gasteiger partial charge is 0.219 e. The van der Waals surface area contributed by atoms with E-state index < -0.39 is 0 Å². The first-order valence-corrected chi connectivity index (χ1v) is 7.12. The van der Waals surface area contributed by atoms with Crippen molar-refractivity contribution in [3.8, 4) is 11.6 Å². The molecule has 0 bridgehead atoms. The first kappa shape index (κ1) is 15.3. The molecule has 0 radical (unpaired) electrons. The largest absolute Gasteiger partial charge is 0.489 e.